The summed E-state index contributed by atoms with van der Waals surface area (Å²) >= 11 is 0. The Labute approximate surface area is 111 Å². The van der Waals surface area contributed by atoms with Crippen molar-refractivity contribution in [1.82, 2.24) is 4.90 Å². The molecule has 4 unspecified atom stereocenters. The lowest BCUT2D eigenvalue weighted by molar-refractivity contribution is -0.136. The Morgan fingerprint density at radius 2 is 2.00 bits per heavy atom. The molecule has 3 aliphatic rings. The molecule has 1 aliphatic heterocycles. The van der Waals surface area contributed by atoms with Crippen LogP contribution >= 0.6 is 0 Å². The Kier molecular flexibility index (Phi) is 3.74. The number of carbonyl (C=O) groups is 1. The molecule has 2 saturated carbocycles. The van der Waals surface area contributed by atoms with Gasteiger partial charge in [-0.15, -0.1) is 0 Å². The number of rotatable bonds is 2. The number of hydrogen-bond acceptors (Lipinski definition) is 2. The van der Waals surface area contributed by atoms with E-state index in [9.17, 15) is 4.79 Å². The standard InChI is InChI=1S/C16H27NO/c1-2-9-17-10-5-6-12-11-15(18)13-7-3-4-8-14(13)16(12)17/h12-14,16H,2-11H2,1H3. The molecule has 0 aromatic carbocycles. The molecule has 0 bridgehead atoms. The molecular formula is C16H27NO. The maximum Gasteiger partial charge on any atom is 0.136 e. The van der Waals surface area contributed by atoms with Crippen LogP contribution in [0.3, 0.4) is 0 Å². The van der Waals surface area contributed by atoms with Crippen molar-refractivity contribution in [1.29, 1.82) is 0 Å². The normalized spacial score (nSPS) is 41.3. The van der Waals surface area contributed by atoms with Gasteiger partial charge in [-0.3, -0.25) is 9.69 Å². The fourth-order valence-electron chi connectivity index (χ4n) is 4.94. The molecule has 2 aliphatic carbocycles. The van der Waals surface area contributed by atoms with E-state index in [0.717, 1.165) is 12.5 Å². The van der Waals surface area contributed by atoms with Gasteiger partial charge in [0.15, 0.2) is 0 Å². The first-order chi connectivity index (χ1) is 8.81. The molecule has 0 amide bonds. The molecule has 0 N–H and O–H groups in total. The smallest absolute Gasteiger partial charge is 0.136 e. The van der Waals surface area contributed by atoms with Gasteiger partial charge in [-0.2, -0.15) is 0 Å². The summed E-state index contributed by atoms with van der Waals surface area (Å²) in [4.78, 5) is 15.1. The summed E-state index contributed by atoms with van der Waals surface area (Å²) in [6.07, 6.45) is 9.92. The number of nitrogens with zero attached hydrogens (tertiary/aromatic N) is 1. The van der Waals surface area contributed by atoms with Crippen LogP contribution in [0.4, 0.5) is 0 Å². The van der Waals surface area contributed by atoms with Crippen LogP contribution in [0.1, 0.15) is 58.3 Å². The molecule has 2 nitrogen and oxygen atoms in total. The number of ketones is 1. The maximum absolute atomic E-state index is 12.3. The number of likely N-dealkylation sites (tertiary alicyclic amines) is 1. The molecule has 0 aromatic heterocycles. The van der Waals surface area contributed by atoms with Crippen molar-refractivity contribution in [2.45, 2.75) is 64.3 Å². The summed E-state index contributed by atoms with van der Waals surface area (Å²) in [5, 5.41) is 0. The van der Waals surface area contributed by atoms with Gasteiger partial charge in [-0.1, -0.05) is 19.8 Å². The molecule has 0 aromatic rings. The SMILES string of the molecule is CCCN1CCCC2CC(=O)C3CCCCC3C21. The quantitative estimate of drug-likeness (QED) is 0.748. The molecule has 3 fully saturated rings. The number of Topliss-reactive ketones (excluding diaryl/α,β-unsaturated/α-hetero) is 1. The average molecular weight is 249 g/mol. The Bertz CT molecular complexity index is 312. The topological polar surface area (TPSA) is 20.3 Å². The van der Waals surface area contributed by atoms with Crippen molar-refractivity contribution in [2.75, 3.05) is 13.1 Å². The molecule has 0 radical (unpaired) electrons. The lowest BCUT2D eigenvalue weighted by Gasteiger charge is -2.52. The van der Waals surface area contributed by atoms with Crippen LogP contribution < -0.4 is 0 Å². The predicted octanol–water partition coefficient (Wildman–Crippen LogP) is 3.26. The Hall–Kier alpha value is -0.370. The lowest BCUT2D eigenvalue weighted by atomic mass is 9.61. The van der Waals surface area contributed by atoms with Crippen molar-refractivity contribution in [2.24, 2.45) is 17.8 Å². The summed E-state index contributed by atoms with van der Waals surface area (Å²) in [6.45, 7) is 4.82. The van der Waals surface area contributed by atoms with Crippen molar-refractivity contribution in [3.63, 3.8) is 0 Å². The second-order valence-electron chi connectivity index (χ2n) is 6.65. The molecule has 1 saturated heterocycles. The van der Waals surface area contributed by atoms with E-state index in [1.54, 1.807) is 0 Å². The van der Waals surface area contributed by atoms with Crippen LogP contribution in [0.15, 0.2) is 0 Å². The molecule has 2 heteroatoms. The molecule has 102 valence electrons. The third kappa shape index (κ3) is 2.13. The summed E-state index contributed by atoms with van der Waals surface area (Å²) in [5.41, 5.74) is 0. The molecule has 0 spiro atoms. The summed E-state index contributed by atoms with van der Waals surface area (Å²) in [6, 6.07) is 0.752. The Balaban J connectivity index is 1.82. The monoisotopic (exact) mass is 249 g/mol. The highest BCUT2D eigenvalue weighted by Gasteiger charge is 2.47. The zero-order chi connectivity index (χ0) is 12.5. The molecular weight excluding hydrogens is 222 g/mol. The van der Waals surface area contributed by atoms with Gasteiger partial charge in [0.05, 0.1) is 0 Å². The third-order valence-corrected chi connectivity index (χ3v) is 5.57. The third-order valence-electron chi connectivity index (χ3n) is 5.57. The highest BCUT2D eigenvalue weighted by atomic mass is 16.1. The number of fused-ring (bicyclic) bond motifs is 3. The first kappa shape index (κ1) is 12.7. The maximum atomic E-state index is 12.3. The van der Waals surface area contributed by atoms with Crippen molar-refractivity contribution < 1.29 is 4.79 Å². The first-order valence-electron chi connectivity index (χ1n) is 8.08. The zero-order valence-electron chi connectivity index (χ0n) is 11.7. The number of piperidine rings is 1. The van der Waals surface area contributed by atoms with Gasteiger partial charge < -0.3 is 0 Å². The highest BCUT2D eigenvalue weighted by Crippen LogP contribution is 2.46. The van der Waals surface area contributed by atoms with E-state index in [4.69, 9.17) is 0 Å². The second kappa shape index (κ2) is 5.32. The van der Waals surface area contributed by atoms with Gasteiger partial charge in [0.25, 0.3) is 0 Å². The fourth-order valence-corrected chi connectivity index (χ4v) is 4.94. The van der Waals surface area contributed by atoms with Gasteiger partial charge in [0.1, 0.15) is 5.78 Å². The molecule has 18 heavy (non-hydrogen) atoms. The average Bonchev–Trinajstić information content (AvgIpc) is 2.39. The van der Waals surface area contributed by atoms with E-state index in [1.165, 1.54) is 58.0 Å². The second-order valence-corrected chi connectivity index (χ2v) is 6.65. The summed E-state index contributed by atoms with van der Waals surface area (Å²) in [5.74, 6) is 2.44. The number of carbonyl (C=O) groups excluding carboxylic acids is 1. The zero-order valence-corrected chi connectivity index (χ0v) is 11.7. The van der Waals surface area contributed by atoms with Crippen LogP contribution in [0.5, 0.6) is 0 Å². The number of hydrogen-bond donors (Lipinski definition) is 0. The van der Waals surface area contributed by atoms with Crippen molar-refractivity contribution in [3.8, 4) is 0 Å². The minimum Gasteiger partial charge on any atom is -0.300 e. The van der Waals surface area contributed by atoms with Gasteiger partial charge in [-0.25, -0.2) is 0 Å². The van der Waals surface area contributed by atoms with Crippen LogP contribution in [0, 0.1) is 17.8 Å². The highest BCUT2D eigenvalue weighted by molar-refractivity contribution is 5.82. The molecule has 4 atom stereocenters. The van der Waals surface area contributed by atoms with E-state index >= 15 is 0 Å². The van der Waals surface area contributed by atoms with Crippen LogP contribution in [0.2, 0.25) is 0 Å². The van der Waals surface area contributed by atoms with E-state index in [-0.39, 0.29) is 0 Å². The fraction of sp³-hybridized carbons (Fsp3) is 0.938. The van der Waals surface area contributed by atoms with Crippen molar-refractivity contribution >= 4 is 5.78 Å². The molecule has 3 rings (SSSR count). The van der Waals surface area contributed by atoms with Gasteiger partial charge in [-0.05, 0) is 57.0 Å². The minimum atomic E-state index is 0.428. The van der Waals surface area contributed by atoms with Crippen molar-refractivity contribution in [3.05, 3.63) is 0 Å². The van der Waals surface area contributed by atoms with Gasteiger partial charge >= 0.3 is 0 Å². The predicted molar refractivity (Wildman–Crippen MR) is 73.4 cm³/mol. The van der Waals surface area contributed by atoms with Gasteiger partial charge in [0.2, 0.25) is 0 Å². The molecule has 1 heterocycles. The first-order valence-corrected chi connectivity index (χ1v) is 8.08. The lowest BCUT2D eigenvalue weighted by Crippen LogP contribution is -2.56. The summed E-state index contributed by atoms with van der Waals surface area (Å²) in [7, 11) is 0. The Morgan fingerprint density at radius 1 is 1.17 bits per heavy atom. The minimum absolute atomic E-state index is 0.428. The van der Waals surface area contributed by atoms with Gasteiger partial charge in [0, 0.05) is 18.4 Å². The van der Waals surface area contributed by atoms with E-state index in [0.29, 0.717) is 23.5 Å². The van der Waals surface area contributed by atoms with Crippen LogP contribution in [-0.2, 0) is 4.79 Å². The van der Waals surface area contributed by atoms with E-state index in [2.05, 4.69) is 11.8 Å². The van der Waals surface area contributed by atoms with E-state index in [1.807, 2.05) is 0 Å². The van der Waals surface area contributed by atoms with Crippen LogP contribution in [0.25, 0.3) is 0 Å². The largest absolute Gasteiger partial charge is 0.300 e. The summed E-state index contributed by atoms with van der Waals surface area (Å²) < 4.78 is 0. The van der Waals surface area contributed by atoms with E-state index < -0.39 is 0 Å². The Morgan fingerprint density at radius 3 is 2.83 bits per heavy atom. The van der Waals surface area contributed by atoms with Crippen LogP contribution in [-0.4, -0.2) is 29.8 Å².